The Morgan fingerprint density at radius 1 is 0.381 bits per heavy atom. The molecule has 0 spiro atoms. The summed E-state index contributed by atoms with van der Waals surface area (Å²) < 4.78 is 7.09. The van der Waals surface area contributed by atoms with Crippen molar-refractivity contribution >= 4 is 77.6 Å². The number of hydrogen-bond acceptors (Lipinski definition) is 5. The van der Waals surface area contributed by atoms with Gasteiger partial charge in [-0.3, -0.25) is 9.97 Å². The molecule has 5 heteroatoms. The molecule has 11 rings (SSSR count). The third-order valence-electron chi connectivity index (χ3n) is 12.2. The summed E-state index contributed by atoms with van der Waals surface area (Å²) in [5, 5.41) is 6.68. The second kappa shape index (κ2) is 15.5. The summed E-state index contributed by atoms with van der Waals surface area (Å²) in [5.74, 6) is 0. The minimum atomic E-state index is 0.821. The Bertz CT molecular complexity index is 3480. The molecule has 0 saturated carbocycles. The number of rotatable bonds is 8. The zero-order valence-corrected chi connectivity index (χ0v) is 35.7. The van der Waals surface area contributed by atoms with E-state index in [0.717, 1.165) is 106 Å². The molecule has 0 aliphatic carbocycles. The summed E-state index contributed by atoms with van der Waals surface area (Å²) in [6, 6.07) is 65.3. The molecule has 0 unspecified atom stereocenters. The fourth-order valence-electron chi connectivity index (χ4n) is 9.04. The average Bonchev–Trinajstić information content (AvgIpc) is 3.71. The highest BCUT2D eigenvalue weighted by molar-refractivity contribution is 6.30. The van der Waals surface area contributed by atoms with E-state index >= 15 is 0 Å². The Morgan fingerprint density at radius 3 is 1.40 bits per heavy atom. The van der Waals surface area contributed by atoms with Gasteiger partial charge in [-0.25, -0.2) is 0 Å². The van der Waals surface area contributed by atoms with Crippen LogP contribution in [0.2, 0.25) is 0 Å². The van der Waals surface area contributed by atoms with Crippen LogP contribution in [0.15, 0.2) is 199 Å². The van der Waals surface area contributed by atoms with E-state index in [1.54, 1.807) is 0 Å². The fraction of sp³-hybridized carbons (Fsp3) is 0.0690. The lowest BCUT2D eigenvalue weighted by Gasteiger charge is -2.28. The number of para-hydroxylation sites is 2. The van der Waals surface area contributed by atoms with E-state index in [9.17, 15) is 0 Å². The van der Waals surface area contributed by atoms with Crippen molar-refractivity contribution < 1.29 is 4.42 Å². The van der Waals surface area contributed by atoms with Crippen LogP contribution < -0.4 is 9.80 Å². The molecule has 3 heterocycles. The number of hydrogen-bond donors (Lipinski definition) is 0. The topological polar surface area (TPSA) is 45.4 Å². The van der Waals surface area contributed by atoms with Gasteiger partial charge in [-0.2, -0.15) is 0 Å². The Labute approximate surface area is 367 Å². The largest absolute Gasteiger partial charge is 0.455 e. The lowest BCUT2D eigenvalue weighted by molar-refractivity contribution is 0.673. The van der Waals surface area contributed by atoms with Crippen LogP contribution in [-0.4, -0.2) is 9.97 Å². The van der Waals surface area contributed by atoms with Gasteiger partial charge in [0.15, 0.2) is 0 Å². The number of furan rings is 1. The van der Waals surface area contributed by atoms with E-state index in [0.29, 0.717) is 0 Å². The summed E-state index contributed by atoms with van der Waals surface area (Å²) in [6.07, 6.45) is 3.93. The first kappa shape index (κ1) is 37.9. The first-order chi connectivity index (χ1) is 30.9. The minimum absolute atomic E-state index is 0.821. The molecule has 0 aliphatic rings. The highest BCUT2D eigenvalue weighted by atomic mass is 16.3. The summed E-state index contributed by atoms with van der Waals surface area (Å²) in [5.41, 5.74) is 16.8. The Hall–Kier alpha value is -8.02. The van der Waals surface area contributed by atoms with Crippen LogP contribution in [0.25, 0.3) is 65.7 Å². The molecule has 302 valence electrons. The zero-order chi connectivity index (χ0) is 42.6. The lowest BCUT2D eigenvalue weighted by Crippen LogP contribution is -2.11. The third kappa shape index (κ3) is 6.75. The van der Waals surface area contributed by atoms with Crippen molar-refractivity contribution in [3.63, 3.8) is 0 Å². The molecule has 5 nitrogen and oxygen atoms in total. The molecular weight excluding hydrogens is 769 g/mol. The number of benzene rings is 8. The fourth-order valence-corrected chi connectivity index (χ4v) is 9.04. The summed E-state index contributed by atoms with van der Waals surface area (Å²) in [7, 11) is 0. The van der Waals surface area contributed by atoms with E-state index in [2.05, 4.69) is 206 Å². The summed E-state index contributed by atoms with van der Waals surface area (Å²) in [4.78, 5) is 14.1. The van der Waals surface area contributed by atoms with Crippen molar-refractivity contribution in [3.05, 3.63) is 217 Å². The molecule has 0 bridgehead atoms. The summed E-state index contributed by atoms with van der Waals surface area (Å²) >= 11 is 0. The van der Waals surface area contributed by atoms with Crippen molar-refractivity contribution in [1.29, 1.82) is 0 Å². The van der Waals surface area contributed by atoms with Crippen LogP contribution in [0.3, 0.4) is 0 Å². The molecule has 8 aromatic carbocycles. The molecule has 0 saturated heterocycles. The molecule has 0 fully saturated rings. The van der Waals surface area contributed by atoms with Gasteiger partial charge in [-0.05, 0) is 122 Å². The second-order valence-corrected chi connectivity index (χ2v) is 16.5. The predicted octanol–water partition coefficient (Wildman–Crippen LogP) is 16.2. The Kier molecular flexibility index (Phi) is 9.31. The molecule has 0 amide bonds. The molecule has 0 radical (unpaired) electrons. The maximum atomic E-state index is 7.09. The van der Waals surface area contributed by atoms with Crippen molar-refractivity contribution in [2.24, 2.45) is 0 Å². The van der Waals surface area contributed by atoms with Crippen LogP contribution in [0, 0.1) is 27.7 Å². The van der Waals surface area contributed by atoms with E-state index in [-0.39, 0.29) is 0 Å². The second-order valence-electron chi connectivity index (χ2n) is 16.5. The van der Waals surface area contributed by atoms with E-state index in [1.807, 2.05) is 26.2 Å². The van der Waals surface area contributed by atoms with Crippen LogP contribution in [0.5, 0.6) is 0 Å². The maximum Gasteiger partial charge on any atom is 0.143 e. The third-order valence-corrected chi connectivity index (χ3v) is 12.2. The standard InChI is InChI=1S/C58H44N4O/c1-37-17-23-41(24-18-37)47-11-7-9-15-54(47)61(45-27-21-39(3)59-35-45)43-29-31-51-53(33-43)49-13-5-6-14-50(49)57-52-32-30-44(34-56(52)63-58(51)57)62(46-28-22-40(4)60-36-46)55-16-10-8-12-48(55)42-25-19-38(2)20-26-42/h5-36H,1-4H3. The highest BCUT2D eigenvalue weighted by Gasteiger charge is 2.23. The van der Waals surface area contributed by atoms with Gasteiger partial charge in [0, 0.05) is 56.1 Å². The monoisotopic (exact) mass is 812 g/mol. The quantitative estimate of drug-likeness (QED) is 0.143. The number of aromatic nitrogens is 2. The normalized spacial score (nSPS) is 11.5. The van der Waals surface area contributed by atoms with Crippen molar-refractivity contribution in [1.82, 2.24) is 9.97 Å². The van der Waals surface area contributed by atoms with Gasteiger partial charge in [0.05, 0.1) is 35.1 Å². The SMILES string of the molecule is Cc1ccc(-c2ccccc2N(c2ccc(C)nc2)c2ccc3c(c2)oc2c4ccc(N(c5ccc(C)nc5)c5ccccc5-c5ccc(C)cc5)cc4c4ccccc4c32)cc1. The zero-order valence-electron chi connectivity index (χ0n) is 35.7. The van der Waals surface area contributed by atoms with E-state index < -0.39 is 0 Å². The number of aryl methyl sites for hydroxylation is 4. The average molecular weight is 813 g/mol. The lowest BCUT2D eigenvalue weighted by atomic mass is 9.95. The first-order valence-electron chi connectivity index (χ1n) is 21.5. The predicted molar refractivity (Wildman–Crippen MR) is 264 cm³/mol. The molecule has 3 aromatic heterocycles. The molecule has 0 atom stereocenters. The molecule has 0 aliphatic heterocycles. The van der Waals surface area contributed by atoms with Crippen molar-refractivity contribution in [3.8, 4) is 22.3 Å². The smallest absolute Gasteiger partial charge is 0.143 e. The van der Waals surface area contributed by atoms with Gasteiger partial charge < -0.3 is 14.2 Å². The van der Waals surface area contributed by atoms with E-state index in [1.165, 1.54) is 16.5 Å². The molecule has 11 aromatic rings. The van der Waals surface area contributed by atoms with Gasteiger partial charge >= 0.3 is 0 Å². The summed E-state index contributed by atoms with van der Waals surface area (Å²) in [6.45, 7) is 8.30. The van der Waals surface area contributed by atoms with Gasteiger partial charge in [-0.15, -0.1) is 0 Å². The van der Waals surface area contributed by atoms with E-state index in [4.69, 9.17) is 14.4 Å². The van der Waals surface area contributed by atoms with Gasteiger partial charge in [-0.1, -0.05) is 120 Å². The maximum absolute atomic E-state index is 7.09. The van der Waals surface area contributed by atoms with Crippen LogP contribution in [0.4, 0.5) is 34.1 Å². The molecule has 0 N–H and O–H groups in total. The minimum Gasteiger partial charge on any atom is -0.455 e. The Balaban J connectivity index is 1.11. The number of fused-ring (bicyclic) bond motifs is 8. The molecular formula is C58H44N4O. The highest BCUT2D eigenvalue weighted by Crippen LogP contribution is 2.47. The van der Waals surface area contributed by atoms with Crippen molar-refractivity contribution in [2.45, 2.75) is 27.7 Å². The first-order valence-corrected chi connectivity index (χ1v) is 21.5. The van der Waals surface area contributed by atoms with Gasteiger partial charge in [0.25, 0.3) is 0 Å². The van der Waals surface area contributed by atoms with Crippen LogP contribution >= 0.6 is 0 Å². The molecule has 63 heavy (non-hydrogen) atoms. The number of pyridine rings is 2. The van der Waals surface area contributed by atoms with Crippen molar-refractivity contribution in [2.75, 3.05) is 9.80 Å². The number of nitrogens with zero attached hydrogens (tertiary/aromatic N) is 4. The van der Waals surface area contributed by atoms with Gasteiger partial charge in [0.2, 0.25) is 0 Å². The Morgan fingerprint density at radius 2 is 0.857 bits per heavy atom. The number of anilines is 6. The van der Waals surface area contributed by atoms with Crippen LogP contribution in [-0.2, 0) is 0 Å². The van der Waals surface area contributed by atoms with Crippen LogP contribution in [0.1, 0.15) is 22.5 Å². The van der Waals surface area contributed by atoms with Gasteiger partial charge in [0.1, 0.15) is 11.2 Å².